The minimum Gasteiger partial charge on any atom is -0.391 e. The number of hydrogen-bond donors (Lipinski definition) is 2. The zero-order chi connectivity index (χ0) is 14.1. The number of aliphatic hydroxyl groups is 1. The third-order valence-corrected chi connectivity index (χ3v) is 4.06. The van der Waals surface area contributed by atoms with Crippen molar-refractivity contribution in [2.45, 2.75) is 83.5 Å². The van der Waals surface area contributed by atoms with Crippen molar-refractivity contribution < 1.29 is 15.1 Å². The van der Waals surface area contributed by atoms with Crippen LogP contribution in [0, 0.1) is 0 Å². The average Bonchev–Trinajstić information content (AvgIpc) is 2.43. The van der Waals surface area contributed by atoms with Crippen LogP contribution in [0.2, 0.25) is 0 Å². The summed E-state index contributed by atoms with van der Waals surface area (Å²) in [7, 11) is 0. The first-order chi connectivity index (χ1) is 9.19. The molecule has 0 aromatic carbocycles. The Morgan fingerprint density at radius 1 is 1.26 bits per heavy atom. The lowest BCUT2D eigenvalue weighted by Crippen LogP contribution is -2.44. The van der Waals surface area contributed by atoms with Crippen molar-refractivity contribution in [3.63, 3.8) is 0 Å². The van der Waals surface area contributed by atoms with Gasteiger partial charge in [-0.25, -0.2) is 0 Å². The number of ether oxygens (including phenoxy) is 1. The predicted octanol–water partition coefficient (Wildman–Crippen LogP) is 2.97. The average molecular weight is 273 g/mol. The molecule has 1 fully saturated rings. The summed E-state index contributed by atoms with van der Waals surface area (Å²) in [5.41, 5.74) is 0. The van der Waals surface area contributed by atoms with Gasteiger partial charge in [-0.05, 0) is 32.1 Å². The van der Waals surface area contributed by atoms with E-state index in [1.807, 2.05) is 0 Å². The van der Waals surface area contributed by atoms with Gasteiger partial charge in [-0.3, -0.25) is 0 Å². The molecule has 0 heterocycles. The molecule has 0 amide bonds. The third kappa shape index (κ3) is 6.21. The lowest BCUT2D eigenvalue weighted by molar-refractivity contribution is -0.168. The largest absolute Gasteiger partial charge is 0.391 e. The van der Waals surface area contributed by atoms with Gasteiger partial charge >= 0.3 is 0 Å². The Morgan fingerprint density at radius 2 is 2.00 bits per heavy atom. The Morgan fingerprint density at radius 3 is 2.63 bits per heavy atom. The van der Waals surface area contributed by atoms with Crippen molar-refractivity contribution in [2.24, 2.45) is 0 Å². The Bertz CT molecular complexity index is 225. The Balaban J connectivity index is 2.24. The number of aliphatic hydroxyl groups excluding tert-OH is 1. The molecule has 0 aromatic rings. The molecule has 3 atom stereocenters. The second-order valence-electron chi connectivity index (χ2n) is 5.63. The maximum atomic E-state index is 10.1. The molecule has 114 valence electrons. The van der Waals surface area contributed by atoms with Gasteiger partial charge in [0.1, 0.15) is 0 Å². The smallest absolute Gasteiger partial charge is 0.0718 e. The highest BCUT2D eigenvalue weighted by atomic mass is 16.5. The number of hydrogen-bond acceptors (Lipinski definition) is 4. The molecule has 0 aliphatic heterocycles. The molecule has 0 bridgehead atoms. The molecule has 0 aromatic heterocycles. The second kappa shape index (κ2) is 9.70. The van der Waals surface area contributed by atoms with Crippen molar-refractivity contribution in [3.8, 4) is 0 Å². The molecule has 0 saturated heterocycles. The third-order valence-electron chi connectivity index (χ3n) is 4.06. The van der Waals surface area contributed by atoms with E-state index in [-0.39, 0.29) is 18.2 Å². The van der Waals surface area contributed by atoms with E-state index in [0.29, 0.717) is 6.54 Å². The molecule has 0 radical (unpaired) electrons. The van der Waals surface area contributed by atoms with Crippen molar-refractivity contribution in [2.75, 3.05) is 13.2 Å². The van der Waals surface area contributed by atoms with Gasteiger partial charge in [0, 0.05) is 13.2 Å². The minimum atomic E-state index is -0.375. The van der Waals surface area contributed by atoms with E-state index in [1.165, 1.54) is 5.06 Å². The number of unbranched alkanes of at least 4 members (excludes halogenated alkanes) is 1. The molecular weight excluding hydrogens is 242 g/mol. The fourth-order valence-corrected chi connectivity index (χ4v) is 2.68. The fraction of sp³-hybridized carbons (Fsp3) is 1.00. The summed E-state index contributed by atoms with van der Waals surface area (Å²) >= 11 is 0. The first kappa shape index (κ1) is 16.9. The minimum absolute atomic E-state index is 0.0816. The van der Waals surface area contributed by atoms with Gasteiger partial charge in [-0.2, -0.15) is 5.06 Å². The summed E-state index contributed by atoms with van der Waals surface area (Å²) in [5, 5.41) is 21.3. The highest BCUT2D eigenvalue weighted by Gasteiger charge is 2.28. The van der Waals surface area contributed by atoms with Gasteiger partial charge in [-0.1, -0.05) is 33.1 Å². The first-order valence-corrected chi connectivity index (χ1v) is 7.94. The van der Waals surface area contributed by atoms with E-state index in [1.54, 1.807) is 0 Å². The Hall–Kier alpha value is -0.160. The number of rotatable bonds is 9. The zero-order valence-corrected chi connectivity index (χ0v) is 12.6. The standard InChI is InChI=1S/C15H31NO3/c1-3-5-12-19-13(4-2)10-11-16(18)14-8-6-7-9-15(14)17/h13-15,17-18H,3-12H2,1-2H3/t13-,14-,15-/m0/s1. The van der Waals surface area contributed by atoms with E-state index >= 15 is 0 Å². The van der Waals surface area contributed by atoms with Crippen LogP contribution >= 0.6 is 0 Å². The molecular formula is C15H31NO3. The summed E-state index contributed by atoms with van der Waals surface area (Å²) in [4.78, 5) is 0. The molecule has 1 aliphatic carbocycles. The van der Waals surface area contributed by atoms with Crippen LogP contribution in [0.25, 0.3) is 0 Å². The monoisotopic (exact) mass is 273 g/mol. The van der Waals surface area contributed by atoms with Crippen LogP contribution in [0.15, 0.2) is 0 Å². The molecule has 4 nitrogen and oxygen atoms in total. The molecule has 19 heavy (non-hydrogen) atoms. The zero-order valence-electron chi connectivity index (χ0n) is 12.6. The molecule has 0 unspecified atom stereocenters. The normalized spacial score (nSPS) is 25.7. The van der Waals surface area contributed by atoms with E-state index in [9.17, 15) is 10.3 Å². The van der Waals surface area contributed by atoms with Crippen LogP contribution < -0.4 is 0 Å². The molecule has 2 N–H and O–H groups in total. The summed E-state index contributed by atoms with van der Waals surface area (Å²) in [6.07, 6.45) is 7.78. The number of nitrogens with zero attached hydrogens (tertiary/aromatic N) is 1. The topological polar surface area (TPSA) is 52.9 Å². The van der Waals surface area contributed by atoms with E-state index in [2.05, 4.69) is 13.8 Å². The van der Waals surface area contributed by atoms with Crippen molar-refractivity contribution in [1.82, 2.24) is 5.06 Å². The van der Waals surface area contributed by atoms with E-state index in [4.69, 9.17) is 4.74 Å². The summed E-state index contributed by atoms with van der Waals surface area (Å²) in [6.45, 7) is 5.68. The molecule has 1 aliphatic rings. The van der Waals surface area contributed by atoms with Crippen LogP contribution in [0.1, 0.15) is 65.2 Å². The van der Waals surface area contributed by atoms with Crippen LogP contribution in [-0.4, -0.2) is 46.8 Å². The maximum absolute atomic E-state index is 10.1. The van der Waals surface area contributed by atoms with Gasteiger partial charge in [0.25, 0.3) is 0 Å². The molecule has 1 rings (SSSR count). The lowest BCUT2D eigenvalue weighted by Gasteiger charge is -2.34. The maximum Gasteiger partial charge on any atom is 0.0718 e. The Labute approximate surface area is 117 Å². The van der Waals surface area contributed by atoms with E-state index in [0.717, 1.165) is 58.0 Å². The fourth-order valence-electron chi connectivity index (χ4n) is 2.68. The number of hydroxylamine groups is 2. The predicted molar refractivity (Wildman–Crippen MR) is 76.3 cm³/mol. The summed E-state index contributed by atoms with van der Waals surface area (Å²) in [6, 6.07) is -0.0816. The van der Waals surface area contributed by atoms with Crippen LogP contribution in [0.4, 0.5) is 0 Å². The van der Waals surface area contributed by atoms with Gasteiger partial charge in [0.2, 0.25) is 0 Å². The van der Waals surface area contributed by atoms with Gasteiger partial charge < -0.3 is 15.1 Å². The SMILES string of the molecule is CCCCO[C@@H](CC)CCN(O)[C@H]1CCCC[C@@H]1O. The second-order valence-corrected chi connectivity index (χ2v) is 5.63. The summed E-state index contributed by atoms with van der Waals surface area (Å²) < 4.78 is 5.80. The lowest BCUT2D eigenvalue weighted by atomic mass is 9.92. The van der Waals surface area contributed by atoms with Gasteiger partial charge in [0.15, 0.2) is 0 Å². The molecule has 1 saturated carbocycles. The highest BCUT2D eigenvalue weighted by Crippen LogP contribution is 2.22. The van der Waals surface area contributed by atoms with Crippen molar-refractivity contribution >= 4 is 0 Å². The Kier molecular flexibility index (Phi) is 8.62. The van der Waals surface area contributed by atoms with Crippen LogP contribution in [-0.2, 0) is 4.74 Å². The highest BCUT2D eigenvalue weighted by molar-refractivity contribution is 4.79. The summed E-state index contributed by atoms with van der Waals surface area (Å²) in [5.74, 6) is 0. The molecule has 0 spiro atoms. The van der Waals surface area contributed by atoms with Crippen LogP contribution in [0.5, 0.6) is 0 Å². The quantitative estimate of drug-likeness (QED) is 0.501. The van der Waals surface area contributed by atoms with E-state index < -0.39 is 0 Å². The van der Waals surface area contributed by atoms with Gasteiger partial charge in [-0.15, -0.1) is 0 Å². The van der Waals surface area contributed by atoms with Gasteiger partial charge in [0.05, 0.1) is 18.2 Å². The van der Waals surface area contributed by atoms with Crippen LogP contribution in [0.3, 0.4) is 0 Å². The van der Waals surface area contributed by atoms with Crippen molar-refractivity contribution in [3.05, 3.63) is 0 Å². The molecule has 4 heteroatoms. The first-order valence-electron chi connectivity index (χ1n) is 7.94. The van der Waals surface area contributed by atoms with Crippen molar-refractivity contribution in [1.29, 1.82) is 0 Å².